The maximum absolute atomic E-state index is 10.3. The molecule has 64 valence electrons. The number of carbonyl (C=O) groups is 1. The molecule has 1 fully saturated rings. The molecule has 0 bridgehead atoms. The molecule has 0 aromatic rings. The summed E-state index contributed by atoms with van der Waals surface area (Å²) in [5, 5.41) is 8.86. The van der Waals surface area contributed by atoms with Gasteiger partial charge >= 0.3 is 5.97 Å². The Morgan fingerprint density at radius 1 is 1.73 bits per heavy atom. The van der Waals surface area contributed by atoms with Crippen molar-refractivity contribution in [1.82, 2.24) is 0 Å². The minimum absolute atomic E-state index is 0.0233. The minimum Gasteiger partial charge on any atom is -0.455 e. The molecule has 0 saturated heterocycles. The highest BCUT2D eigenvalue weighted by Gasteiger charge is 2.42. The fraction of sp³-hybridized carbons (Fsp3) is 0.857. The Hall–Kier alpha value is -0.220. The number of ether oxygens (including phenoxy) is 1. The van der Waals surface area contributed by atoms with E-state index in [0.29, 0.717) is 5.94 Å². The summed E-state index contributed by atoms with van der Waals surface area (Å²) in [6, 6.07) is 0. The van der Waals surface area contributed by atoms with Crippen molar-refractivity contribution in [2.75, 3.05) is 12.5 Å². The first-order valence-electron chi connectivity index (χ1n) is 3.57. The van der Waals surface area contributed by atoms with Gasteiger partial charge in [-0.05, 0) is 12.8 Å². The third-order valence-electron chi connectivity index (χ3n) is 1.72. The fourth-order valence-corrected chi connectivity index (χ4v) is 1.68. The van der Waals surface area contributed by atoms with E-state index in [1.807, 2.05) is 0 Å². The number of hydrogen-bond donors (Lipinski definition) is 1. The molecule has 11 heavy (non-hydrogen) atoms. The summed E-state index contributed by atoms with van der Waals surface area (Å²) in [6.45, 7) is 1.58. The van der Waals surface area contributed by atoms with Crippen molar-refractivity contribution < 1.29 is 14.6 Å². The van der Waals surface area contributed by atoms with Crippen LogP contribution in [0, 0.1) is 0 Å². The third-order valence-corrected chi connectivity index (χ3v) is 3.11. The number of aliphatic hydroxyl groups excluding tert-OH is 1. The van der Waals surface area contributed by atoms with Crippen LogP contribution in [0.25, 0.3) is 0 Å². The summed E-state index contributed by atoms with van der Waals surface area (Å²) in [4.78, 5) is 10.3. The van der Waals surface area contributed by atoms with Crippen molar-refractivity contribution in [2.24, 2.45) is 0 Å². The highest BCUT2D eigenvalue weighted by atomic mass is 32.2. The van der Waals surface area contributed by atoms with Gasteiger partial charge in [-0.3, -0.25) is 4.79 Å². The summed E-state index contributed by atoms with van der Waals surface area (Å²) < 4.78 is 4.76. The zero-order chi connectivity index (χ0) is 8.32. The fourth-order valence-electron chi connectivity index (χ4n) is 0.725. The number of rotatable bonds is 4. The number of esters is 1. The lowest BCUT2D eigenvalue weighted by Crippen LogP contribution is -2.11. The van der Waals surface area contributed by atoms with E-state index in [2.05, 4.69) is 0 Å². The van der Waals surface area contributed by atoms with Crippen LogP contribution in [0.15, 0.2) is 0 Å². The Morgan fingerprint density at radius 3 is 2.73 bits per heavy atom. The van der Waals surface area contributed by atoms with E-state index < -0.39 is 0 Å². The van der Waals surface area contributed by atoms with Gasteiger partial charge in [0.2, 0.25) is 0 Å². The topological polar surface area (TPSA) is 46.5 Å². The lowest BCUT2D eigenvalue weighted by molar-refractivity contribution is -0.138. The molecular formula is C7H12O3S. The van der Waals surface area contributed by atoms with Gasteiger partial charge in [0.05, 0.1) is 6.61 Å². The first-order chi connectivity index (χ1) is 5.18. The van der Waals surface area contributed by atoms with Gasteiger partial charge in [-0.2, -0.15) is 0 Å². The predicted octanol–water partition coefficient (Wildman–Crippen LogP) is 0.765. The van der Waals surface area contributed by atoms with Gasteiger partial charge in [-0.15, -0.1) is 11.8 Å². The molecule has 1 aliphatic carbocycles. The van der Waals surface area contributed by atoms with Gasteiger partial charge in [0.25, 0.3) is 0 Å². The third kappa shape index (κ3) is 2.71. The molecule has 3 nitrogen and oxygen atoms in total. The van der Waals surface area contributed by atoms with Crippen molar-refractivity contribution >= 4 is 17.7 Å². The molecule has 0 aromatic carbocycles. The number of thioether (sulfide) groups is 1. The molecule has 0 heterocycles. The Morgan fingerprint density at radius 2 is 2.36 bits per heavy atom. The molecule has 0 amide bonds. The zero-order valence-electron chi connectivity index (χ0n) is 6.50. The van der Waals surface area contributed by atoms with E-state index in [1.165, 1.54) is 18.7 Å². The molecule has 0 unspecified atom stereocenters. The smallest absolute Gasteiger partial charge is 0.303 e. The summed E-state index contributed by atoms with van der Waals surface area (Å²) in [7, 11) is 0. The highest BCUT2D eigenvalue weighted by Crippen LogP contribution is 2.47. The first-order valence-corrected chi connectivity index (χ1v) is 4.55. The summed E-state index contributed by atoms with van der Waals surface area (Å²) in [5.41, 5.74) is 0. The second kappa shape index (κ2) is 3.45. The maximum Gasteiger partial charge on any atom is 0.303 e. The predicted molar refractivity (Wildman–Crippen MR) is 43.3 cm³/mol. The number of aliphatic hydroxyl groups is 1. The molecule has 0 aliphatic heterocycles. The molecule has 4 heteroatoms. The summed E-state index contributed by atoms with van der Waals surface area (Å²) >= 11 is 1.53. The normalized spacial score (nSPS) is 19.5. The van der Waals surface area contributed by atoms with Crippen LogP contribution in [0.3, 0.4) is 0 Å². The van der Waals surface area contributed by atoms with E-state index in [4.69, 9.17) is 9.84 Å². The lowest BCUT2D eigenvalue weighted by Gasteiger charge is -2.09. The van der Waals surface area contributed by atoms with Crippen molar-refractivity contribution in [3.8, 4) is 0 Å². The van der Waals surface area contributed by atoms with Gasteiger partial charge < -0.3 is 9.84 Å². The largest absolute Gasteiger partial charge is 0.455 e. The van der Waals surface area contributed by atoms with E-state index in [-0.39, 0.29) is 17.3 Å². The SMILES string of the molecule is CC(=O)OCSC1(CO)CC1. The van der Waals surface area contributed by atoms with Gasteiger partial charge in [0.1, 0.15) is 5.94 Å². The zero-order valence-corrected chi connectivity index (χ0v) is 7.32. The van der Waals surface area contributed by atoms with Crippen LogP contribution in [-0.2, 0) is 9.53 Å². The molecule has 1 saturated carbocycles. The van der Waals surface area contributed by atoms with Crippen molar-refractivity contribution in [3.63, 3.8) is 0 Å². The minimum atomic E-state index is -0.258. The van der Waals surface area contributed by atoms with Crippen molar-refractivity contribution in [1.29, 1.82) is 0 Å². The van der Waals surface area contributed by atoms with Gasteiger partial charge in [-0.1, -0.05) is 0 Å². The van der Waals surface area contributed by atoms with Crippen LogP contribution in [-0.4, -0.2) is 28.4 Å². The Kier molecular flexibility index (Phi) is 2.78. The standard InChI is InChI=1S/C7H12O3S/c1-6(9)10-5-11-7(4-8)2-3-7/h8H,2-5H2,1H3. The first kappa shape index (κ1) is 8.87. The quantitative estimate of drug-likeness (QED) is 0.507. The molecule has 1 rings (SSSR count). The van der Waals surface area contributed by atoms with E-state index in [1.54, 1.807) is 0 Å². The summed E-state index contributed by atoms with van der Waals surface area (Å²) in [6.07, 6.45) is 2.07. The highest BCUT2D eigenvalue weighted by molar-refractivity contribution is 8.00. The number of hydrogen-bond acceptors (Lipinski definition) is 4. The maximum atomic E-state index is 10.3. The van der Waals surface area contributed by atoms with Crippen LogP contribution in [0.4, 0.5) is 0 Å². The van der Waals surface area contributed by atoms with Gasteiger partial charge in [0, 0.05) is 11.7 Å². The van der Waals surface area contributed by atoms with Gasteiger partial charge in [0.15, 0.2) is 0 Å². The average Bonchev–Trinajstić information content (AvgIpc) is 2.69. The Balaban J connectivity index is 2.07. The van der Waals surface area contributed by atoms with Crippen molar-refractivity contribution in [2.45, 2.75) is 24.5 Å². The molecule has 0 atom stereocenters. The molecule has 1 N–H and O–H groups in total. The van der Waals surface area contributed by atoms with Crippen LogP contribution < -0.4 is 0 Å². The number of carbonyl (C=O) groups excluding carboxylic acids is 1. The van der Waals surface area contributed by atoms with Crippen LogP contribution in [0.5, 0.6) is 0 Å². The second-order valence-corrected chi connectivity index (χ2v) is 4.13. The second-order valence-electron chi connectivity index (χ2n) is 2.74. The molecule has 0 spiro atoms. The van der Waals surface area contributed by atoms with Crippen LogP contribution in [0.1, 0.15) is 19.8 Å². The van der Waals surface area contributed by atoms with E-state index >= 15 is 0 Å². The Labute approximate surface area is 70.1 Å². The molecule has 0 radical (unpaired) electrons. The lowest BCUT2D eigenvalue weighted by atomic mass is 10.5. The molecule has 1 aliphatic rings. The van der Waals surface area contributed by atoms with Gasteiger partial charge in [-0.25, -0.2) is 0 Å². The molecule has 0 aromatic heterocycles. The average molecular weight is 176 g/mol. The monoisotopic (exact) mass is 176 g/mol. The van der Waals surface area contributed by atoms with Crippen molar-refractivity contribution in [3.05, 3.63) is 0 Å². The Bertz CT molecular complexity index is 154. The molecular weight excluding hydrogens is 164 g/mol. The van der Waals surface area contributed by atoms with Crippen LogP contribution >= 0.6 is 11.8 Å². The van der Waals surface area contributed by atoms with E-state index in [9.17, 15) is 4.79 Å². The van der Waals surface area contributed by atoms with Crippen LogP contribution in [0.2, 0.25) is 0 Å². The summed E-state index contributed by atoms with van der Waals surface area (Å²) in [5.74, 6) is 0.113. The van der Waals surface area contributed by atoms with E-state index in [0.717, 1.165) is 12.8 Å².